The number of para-hydroxylation sites is 1. The third-order valence-electron chi connectivity index (χ3n) is 6.82. The second-order valence-corrected chi connectivity index (χ2v) is 11.0. The number of hydrogen-bond donors (Lipinski definition) is 2. The highest BCUT2D eigenvalue weighted by Crippen LogP contribution is 2.31. The van der Waals surface area contributed by atoms with E-state index in [1.807, 2.05) is 36.4 Å². The van der Waals surface area contributed by atoms with Gasteiger partial charge in [0.15, 0.2) is 24.6 Å². The molecule has 3 aliphatic rings. The van der Waals surface area contributed by atoms with E-state index in [-0.39, 0.29) is 11.8 Å². The lowest BCUT2D eigenvalue weighted by Gasteiger charge is -2.22. The third-order valence-corrected chi connectivity index (χ3v) is 7.49. The van der Waals surface area contributed by atoms with Gasteiger partial charge in [-0.3, -0.25) is 14.9 Å². The summed E-state index contributed by atoms with van der Waals surface area (Å²) < 4.78 is 17.2. The molecule has 0 spiro atoms. The average molecular weight is 689 g/mol. The van der Waals surface area contributed by atoms with Crippen LogP contribution in [0, 0.1) is 13.7 Å². The summed E-state index contributed by atoms with van der Waals surface area (Å²) in [6, 6.07) is 17.8. The number of nitro groups is 1. The molecule has 0 radical (unpaired) electrons. The monoisotopic (exact) mass is 689 g/mol. The first-order valence-corrected chi connectivity index (χ1v) is 14.3. The first-order valence-electron chi connectivity index (χ1n) is 13.2. The number of carboxylic acid groups (broad SMARTS) is 2. The number of fused-ring (bicyclic) bond motifs is 3. The van der Waals surface area contributed by atoms with Crippen molar-refractivity contribution in [1.82, 2.24) is 0 Å². The number of nitro benzene ring substituents is 1. The van der Waals surface area contributed by atoms with E-state index >= 15 is 0 Å². The van der Waals surface area contributed by atoms with E-state index in [0.29, 0.717) is 36.3 Å². The number of carbonyl (C=O) groups is 3. The predicted molar refractivity (Wildman–Crippen MR) is 158 cm³/mol. The maximum atomic E-state index is 10.7. The molecule has 3 aromatic rings. The number of hydrogen-bond acceptors (Lipinski definition) is 8. The number of aldehydes is 1. The van der Waals surface area contributed by atoms with Crippen molar-refractivity contribution < 1.29 is 43.7 Å². The zero-order chi connectivity index (χ0) is 30.2. The van der Waals surface area contributed by atoms with Crippen molar-refractivity contribution in [1.29, 1.82) is 0 Å². The Hall–Kier alpha value is -4.20. The molecule has 0 fully saturated rings. The zero-order valence-electron chi connectivity index (χ0n) is 22.3. The van der Waals surface area contributed by atoms with Gasteiger partial charge in [-0.1, -0.05) is 18.2 Å². The average Bonchev–Trinajstić information content (AvgIpc) is 3.00. The molecule has 3 unspecified atom stereocenters. The first kappa shape index (κ1) is 30.8. The molecule has 0 aromatic heterocycles. The molecule has 42 heavy (non-hydrogen) atoms. The van der Waals surface area contributed by atoms with Crippen LogP contribution in [-0.4, -0.2) is 51.7 Å². The minimum absolute atomic E-state index is 0.00359. The highest BCUT2D eigenvalue weighted by atomic mass is 127. The van der Waals surface area contributed by atoms with Crippen LogP contribution in [0.5, 0.6) is 17.2 Å². The van der Waals surface area contributed by atoms with Crippen LogP contribution in [0.1, 0.15) is 36.0 Å². The van der Waals surface area contributed by atoms with Crippen molar-refractivity contribution in [2.45, 2.75) is 56.8 Å². The number of halogens is 1. The highest BCUT2D eigenvalue weighted by molar-refractivity contribution is 14.1. The Bertz CT molecular complexity index is 1480. The lowest BCUT2D eigenvalue weighted by atomic mass is 10.0. The lowest BCUT2D eigenvalue weighted by molar-refractivity contribution is -0.385. The predicted octanol–water partition coefficient (Wildman–Crippen LogP) is 5.02. The standard InChI is InChI=1S/C10H9IO2.C10H9NO5.C10H10O3/c11-8-2-4-10-7(5-8)1-3-9(6-12)13-10;12-10(13)9-3-1-6-5-7(11(14)15)2-4-8(6)16-9;11-10(12)9-6-5-7-3-1-2-4-8(7)13-9/h2,4-6,9H,1,3H2;2,4-5,9H,1,3H2,(H,12,13);1-4,9H,5-6H2,(H,11,12). The van der Waals surface area contributed by atoms with E-state index in [1.165, 1.54) is 27.3 Å². The topological polar surface area (TPSA) is 162 Å². The van der Waals surface area contributed by atoms with Gasteiger partial charge in [0.2, 0.25) is 0 Å². The molecule has 11 nitrogen and oxygen atoms in total. The van der Waals surface area contributed by atoms with E-state index in [4.69, 9.17) is 24.4 Å². The van der Waals surface area contributed by atoms with E-state index in [2.05, 4.69) is 28.7 Å². The first-order chi connectivity index (χ1) is 20.1. The number of benzene rings is 3. The van der Waals surface area contributed by atoms with Gasteiger partial charge in [0.25, 0.3) is 5.69 Å². The molecule has 3 aliphatic heterocycles. The zero-order valence-corrected chi connectivity index (χ0v) is 24.5. The molecular weight excluding hydrogens is 661 g/mol. The van der Waals surface area contributed by atoms with Gasteiger partial charge < -0.3 is 24.4 Å². The Morgan fingerprint density at radius 1 is 0.786 bits per heavy atom. The van der Waals surface area contributed by atoms with Crippen LogP contribution in [0.25, 0.3) is 0 Å². The number of aryl methyl sites for hydroxylation is 3. The number of non-ortho nitro benzene ring substituents is 1. The quantitative estimate of drug-likeness (QED) is 0.165. The highest BCUT2D eigenvalue weighted by Gasteiger charge is 2.27. The van der Waals surface area contributed by atoms with E-state index in [0.717, 1.165) is 36.9 Å². The molecule has 0 saturated carbocycles. The minimum atomic E-state index is -1.01. The maximum Gasteiger partial charge on any atom is 0.344 e. The SMILES string of the molecule is O=C(O)C1CCc2cc([N+](=O)[O-])ccc2O1.O=C(O)C1CCc2ccccc2O1.O=CC1CCc2cc(I)ccc2O1. The third kappa shape index (κ3) is 7.96. The Morgan fingerprint density at radius 3 is 1.98 bits per heavy atom. The Kier molecular flexibility index (Phi) is 10.3. The molecule has 0 bridgehead atoms. The van der Waals surface area contributed by atoms with Gasteiger partial charge in [-0.25, -0.2) is 9.59 Å². The number of ether oxygens (including phenoxy) is 3. The Balaban J connectivity index is 0.000000146. The van der Waals surface area contributed by atoms with Gasteiger partial charge in [-0.15, -0.1) is 0 Å². The number of aliphatic carboxylic acids is 2. The molecule has 0 amide bonds. The number of rotatable bonds is 4. The summed E-state index contributed by atoms with van der Waals surface area (Å²) in [6.45, 7) is 0. The van der Waals surface area contributed by atoms with Crippen molar-refractivity contribution in [3.63, 3.8) is 0 Å². The Labute approximate surface area is 254 Å². The van der Waals surface area contributed by atoms with Crippen molar-refractivity contribution in [3.8, 4) is 17.2 Å². The van der Waals surface area contributed by atoms with E-state index in [1.54, 1.807) is 0 Å². The molecule has 0 aliphatic carbocycles. The molecular formula is C30H28INO10. The maximum absolute atomic E-state index is 10.7. The minimum Gasteiger partial charge on any atom is -0.483 e. The molecule has 220 valence electrons. The second kappa shape index (κ2) is 14.1. The van der Waals surface area contributed by atoms with Crippen molar-refractivity contribution in [2.24, 2.45) is 0 Å². The summed E-state index contributed by atoms with van der Waals surface area (Å²) >= 11 is 2.28. The van der Waals surface area contributed by atoms with Gasteiger partial charge >= 0.3 is 11.9 Å². The van der Waals surface area contributed by atoms with Crippen LogP contribution in [-0.2, 0) is 33.6 Å². The molecule has 6 rings (SSSR count). The van der Waals surface area contributed by atoms with Crippen molar-refractivity contribution >= 4 is 46.5 Å². The number of carbonyl (C=O) groups excluding carboxylic acids is 1. The summed E-state index contributed by atoms with van der Waals surface area (Å²) in [5, 5.41) is 28.0. The van der Waals surface area contributed by atoms with Crippen molar-refractivity contribution in [3.05, 3.63) is 91.0 Å². The van der Waals surface area contributed by atoms with Crippen LogP contribution < -0.4 is 14.2 Å². The lowest BCUT2D eigenvalue weighted by Crippen LogP contribution is -2.30. The van der Waals surface area contributed by atoms with Gasteiger partial charge in [0.1, 0.15) is 17.2 Å². The summed E-state index contributed by atoms with van der Waals surface area (Å²) in [4.78, 5) is 41.9. The van der Waals surface area contributed by atoms with E-state index in [9.17, 15) is 24.5 Å². The van der Waals surface area contributed by atoms with Gasteiger partial charge in [0, 0.05) is 21.3 Å². The van der Waals surface area contributed by atoms with Gasteiger partial charge in [-0.2, -0.15) is 0 Å². The summed E-state index contributed by atoms with van der Waals surface area (Å²) in [7, 11) is 0. The Morgan fingerprint density at radius 2 is 1.33 bits per heavy atom. The number of carboxylic acids is 2. The normalized spacial score (nSPS) is 19.5. The van der Waals surface area contributed by atoms with Crippen LogP contribution in [0.4, 0.5) is 5.69 Å². The van der Waals surface area contributed by atoms with Crippen LogP contribution >= 0.6 is 22.6 Å². The fourth-order valence-electron chi connectivity index (χ4n) is 4.63. The van der Waals surface area contributed by atoms with Crippen LogP contribution in [0.15, 0.2) is 60.7 Å². The summed E-state index contributed by atoms with van der Waals surface area (Å²) in [5.74, 6) is 0.104. The fourth-order valence-corrected chi connectivity index (χ4v) is 5.19. The molecule has 12 heteroatoms. The molecule has 0 saturated heterocycles. The van der Waals surface area contributed by atoms with Crippen LogP contribution in [0.3, 0.4) is 0 Å². The molecule has 3 aromatic carbocycles. The second-order valence-electron chi connectivity index (χ2n) is 9.71. The van der Waals surface area contributed by atoms with Gasteiger partial charge in [-0.05, 0) is 103 Å². The van der Waals surface area contributed by atoms with E-state index < -0.39 is 29.1 Å². The fraction of sp³-hybridized carbons (Fsp3) is 0.300. The smallest absolute Gasteiger partial charge is 0.344 e. The number of nitrogens with zero attached hydrogens (tertiary/aromatic N) is 1. The van der Waals surface area contributed by atoms with Crippen molar-refractivity contribution in [2.75, 3.05) is 0 Å². The summed E-state index contributed by atoms with van der Waals surface area (Å²) in [5.41, 5.74) is 2.99. The van der Waals surface area contributed by atoms with Gasteiger partial charge in [0.05, 0.1) is 4.92 Å². The summed E-state index contributed by atoms with van der Waals surface area (Å²) in [6.07, 6.45) is 3.01. The van der Waals surface area contributed by atoms with Crippen LogP contribution in [0.2, 0.25) is 0 Å². The molecule has 2 N–H and O–H groups in total. The molecule has 3 atom stereocenters. The molecule has 3 heterocycles. The largest absolute Gasteiger partial charge is 0.483 e.